The van der Waals surface area contributed by atoms with E-state index in [1.165, 1.54) is 0 Å². The van der Waals surface area contributed by atoms with Crippen molar-refractivity contribution >= 4 is 17.5 Å². The third-order valence-electron chi connectivity index (χ3n) is 6.93. The third-order valence-corrected chi connectivity index (χ3v) is 7.18. The van der Waals surface area contributed by atoms with Crippen LogP contribution in [0.5, 0.6) is 17.2 Å². The highest BCUT2D eigenvalue weighted by atomic mass is 35.5. The summed E-state index contributed by atoms with van der Waals surface area (Å²) in [5.74, 6) is 2.69. The zero-order valence-corrected chi connectivity index (χ0v) is 22.0. The molecule has 8 heteroatoms. The number of hydrogen-bond donors (Lipinski definition) is 1. The second-order valence-electron chi connectivity index (χ2n) is 9.99. The Balaban J connectivity index is 1.37. The second-order valence-corrected chi connectivity index (χ2v) is 10.4. The van der Waals surface area contributed by atoms with Gasteiger partial charge < -0.3 is 19.1 Å². The molecule has 3 aromatic carbocycles. The SMILES string of the molecule is CC(C)CCOc1ccc(C2c3c(-c4ccc(Cl)cc4)n[nH]c3C(=O)N2Cc2ccc3c(c2)OCO3)cc1. The Kier molecular flexibility index (Phi) is 6.45. The van der Waals surface area contributed by atoms with Crippen LogP contribution in [0, 0.1) is 5.92 Å². The molecule has 1 atom stereocenters. The zero-order chi connectivity index (χ0) is 26.2. The minimum atomic E-state index is -0.336. The predicted molar refractivity (Wildman–Crippen MR) is 145 cm³/mol. The Morgan fingerprint density at radius 2 is 1.82 bits per heavy atom. The molecule has 0 fully saturated rings. The Bertz CT molecular complexity index is 1460. The summed E-state index contributed by atoms with van der Waals surface area (Å²) in [5, 5.41) is 8.21. The second kappa shape index (κ2) is 10.1. The maximum absolute atomic E-state index is 13.7. The van der Waals surface area contributed by atoms with Crippen molar-refractivity contribution in [1.29, 1.82) is 0 Å². The lowest BCUT2D eigenvalue weighted by Gasteiger charge is -2.27. The van der Waals surface area contributed by atoms with Crippen LogP contribution in [0.15, 0.2) is 66.7 Å². The first kappa shape index (κ1) is 24.4. The van der Waals surface area contributed by atoms with Gasteiger partial charge in [0, 0.05) is 22.7 Å². The third kappa shape index (κ3) is 4.58. The van der Waals surface area contributed by atoms with Gasteiger partial charge in [-0.25, -0.2) is 0 Å². The van der Waals surface area contributed by atoms with Crippen LogP contribution in [-0.2, 0) is 6.54 Å². The number of benzene rings is 3. The lowest BCUT2D eigenvalue weighted by molar-refractivity contribution is 0.0730. The van der Waals surface area contributed by atoms with Crippen LogP contribution in [0.25, 0.3) is 11.3 Å². The number of aromatic nitrogens is 2. The molecule has 1 amide bonds. The van der Waals surface area contributed by atoms with Crippen molar-refractivity contribution in [3.8, 4) is 28.5 Å². The number of fused-ring (bicyclic) bond motifs is 2. The number of amides is 1. The van der Waals surface area contributed by atoms with E-state index in [4.69, 9.17) is 25.8 Å². The molecule has 0 aliphatic carbocycles. The Hall–Kier alpha value is -3.97. The van der Waals surface area contributed by atoms with Gasteiger partial charge in [0.1, 0.15) is 11.4 Å². The monoisotopic (exact) mass is 529 g/mol. The molecule has 38 heavy (non-hydrogen) atoms. The summed E-state index contributed by atoms with van der Waals surface area (Å²) < 4.78 is 17.0. The van der Waals surface area contributed by atoms with Gasteiger partial charge in [0.2, 0.25) is 6.79 Å². The number of ether oxygens (including phenoxy) is 3. The maximum atomic E-state index is 13.7. The summed E-state index contributed by atoms with van der Waals surface area (Å²) in [5.41, 5.74) is 4.91. The van der Waals surface area contributed by atoms with Crippen LogP contribution in [-0.4, -0.2) is 34.4 Å². The molecule has 0 radical (unpaired) electrons. The van der Waals surface area contributed by atoms with E-state index in [0.717, 1.165) is 40.1 Å². The topological polar surface area (TPSA) is 76.7 Å². The number of aromatic amines is 1. The molecule has 194 valence electrons. The molecule has 0 bridgehead atoms. The van der Waals surface area contributed by atoms with Gasteiger partial charge in [-0.3, -0.25) is 9.89 Å². The number of nitrogens with zero attached hydrogens (tertiary/aromatic N) is 2. The molecule has 4 aromatic rings. The van der Waals surface area contributed by atoms with E-state index in [9.17, 15) is 4.79 Å². The predicted octanol–water partition coefficient (Wildman–Crippen LogP) is 6.63. The summed E-state index contributed by atoms with van der Waals surface area (Å²) in [6.45, 7) is 5.63. The van der Waals surface area contributed by atoms with E-state index in [1.54, 1.807) is 0 Å². The molecule has 0 saturated carbocycles. The van der Waals surface area contributed by atoms with E-state index in [2.05, 4.69) is 24.0 Å². The number of carbonyl (C=O) groups is 1. The summed E-state index contributed by atoms with van der Waals surface area (Å²) in [6, 6.07) is 21.0. The van der Waals surface area contributed by atoms with Crippen molar-refractivity contribution in [1.82, 2.24) is 15.1 Å². The van der Waals surface area contributed by atoms with E-state index in [1.807, 2.05) is 71.6 Å². The molecular formula is C30H28ClN3O4. The number of halogens is 1. The van der Waals surface area contributed by atoms with Gasteiger partial charge in [0.15, 0.2) is 11.5 Å². The summed E-state index contributed by atoms with van der Waals surface area (Å²) in [7, 11) is 0. The standard InChI is InChI=1S/C30H28ClN3O4/c1-18(2)13-14-36-23-10-6-21(7-11-23)29-26-27(20-4-8-22(31)9-5-20)32-33-28(26)30(35)34(29)16-19-3-12-24-25(15-19)38-17-37-24/h3-12,15,18,29H,13-14,16-17H2,1-2H3,(H,32,33). The van der Waals surface area contributed by atoms with Gasteiger partial charge in [0.25, 0.3) is 5.91 Å². The van der Waals surface area contributed by atoms with E-state index in [0.29, 0.717) is 41.3 Å². The minimum Gasteiger partial charge on any atom is -0.494 e. The first-order valence-electron chi connectivity index (χ1n) is 12.7. The summed E-state index contributed by atoms with van der Waals surface area (Å²) in [6.07, 6.45) is 0.991. The van der Waals surface area contributed by atoms with E-state index < -0.39 is 0 Å². The quantitative estimate of drug-likeness (QED) is 0.277. The van der Waals surface area contributed by atoms with Crippen LogP contribution in [0.2, 0.25) is 5.02 Å². The van der Waals surface area contributed by atoms with Crippen molar-refractivity contribution in [3.05, 3.63) is 94.1 Å². The normalized spacial score (nSPS) is 15.8. The largest absolute Gasteiger partial charge is 0.494 e. The van der Waals surface area contributed by atoms with Gasteiger partial charge in [-0.1, -0.05) is 55.8 Å². The van der Waals surface area contributed by atoms with Crippen LogP contribution in [0.4, 0.5) is 0 Å². The van der Waals surface area contributed by atoms with E-state index >= 15 is 0 Å². The average molecular weight is 530 g/mol. The molecule has 0 saturated heterocycles. The number of rotatable bonds is 8. The highest BCUT2D eigenvalue weighted by Crippen LogP contribution is 2.44. The van der Waals surface area contributed by atoms with Gasteiger partial charge in [-0.05, 0) is 59.9 Å². The lowest BCUT2D eigenvalue weighted by Crippen LogP contribution is -2.29. The average Bonchev–Trinajstić information content (AvgIpc) is 3.62. The van der Waals surface area contributed by atoms with Crippen molar-refractivity contribution in [2.75, 3.05) is 13.4 Å². The van der Waals surface area contributed by atoms with Gasteiger partial charge in [-0.15, -0.1) is 0 Å². The molecule has 1 aromatic heterocycles. The van der Waals surface area contributed by atoms with Crippen molar-refractivity contribution in [3.63, 3.8) is 0 Å². The molecule has 3 heterocycles. The van der Waals surface area contributed by atoms with Gasteiger partial charge in [0.05, 0.1) is 18.3 Å². The molecule has 7 nitrogen and oxygen atoms in total. The molecular weight excluding hydrogens is 502 g/mol. The minimum absolute atomic E-state index is 0.104. The van der Waals surface area contributed by atoms with E-state index in [-0.39, 0.29) is 18.7 Å². The number of hydrogen-bond acceptors (Lipinski definition) is 5. The van der Waals surface area contributed by atoms with Crippen LogP contribution in [0.1, 0.15) is 53.5 Å². The Labute approximate surface area is 226 Å². The maximum Gasteiger partial charge on any atom is 0.273 e. The lowest BCUT2D eigenvalue weighted by atomic mass is 9.96. The molecule has 0 spiro atoms. The van der Waals surface area contributed by atoms with Crippen LogP contribution >= 0.6 is 11.6 Å². The fourth-order valence-corrected chi connectivity index (χ4v) is 5.05. The first-order chi connectivity index (χ1) is 18.5. The fraction of sp³-hybridized carbons (Fsp3) is 0.267. The number of H-pyrrole nitrogens is 1. The summed E-state index contributed by atoms with van der Waals surface area (Å²) in [4.78, 5) is 15.6. The smallest absolute Gasteiger partial charge is 0.273 e. The number of nitrogens with one attached hydrogen (secondary N) is 1. The Morgan fingerprint density at radius 3 is 2.58 bits per heavy atom. The molecule has 2 aliphatic heterocycles. The van der Waals surface area contributed by atoms with Gasteiger partial charge in [-0.2, -0.15) is 5.10 Å². The summed E-state index contributed by atoms with van der Waals surface area (Å²) >= 11 is 6.14. The van der Waals surface area contributed by atoms with Crippen molar-refractivity contribution in [2.45, 2.75) is 32.9 Å². The zero-order valence-electron chi connectivity index (χ0n) is 21.2. The fourth-order valence-electron chi connectivity index (χ4n) is 4.93. The highest BCUT2D eigenvalue weighted by Gasteiger charge is 2.42. The first-order valence-corrected chi connectivity index (χ1v) is 13.1. The molecule has 6 rings (SSSR count). The molecule has 1 unspecified atom stereocenters. The van der Waals surface area contributed by atoms with Gasteiger partial charge >= 0.3 is 0 Å². The number of carbonyl (C=O) groups excluding carboxylic acids is 1. The Morgan fingerprint density at radius 1 is 1.05 bits per heavy atom. The van der Waals surface area contributed by atoms with Crippen LogP contribution in [0.3, 0.4) is 0 Å². The van der Waals surface area contributed by atoms with Crippen molar-refractivity contribution < 1.29 is 19.0 Å². The van der Waals surface area contributed by atoms with Crippen molar-refractivity contribution in [2.24, 2.45) is 5.92 Å². The highest BCUT2D eigenvalue weighted by molar-refractivity contribution is 6.30. The molecule has 1 N–H and O–H groups in total. The molecule has 2 aliphatic rings. The van der Waals surface area contributed by atoms with Crippen LogP contribution < -0.4 is 14.2 Å².